The van der Waals surface area contributed by atoms with E-state index in [1.54, 1.807) is 12.1 Å². The first-order valence-corrected chi connectivity index (χ1v) is 5.06. The maximum Gasteiger partial charge on any atom is 0.329 e. The van der Waals surface area contributed by atoms with Crippen molar-refractivity contribution in [2.45, 2.75) is 32.5 Å². The van der Waals surface area contributed by atoms with Crippen LogP contribution in [-0.4, -0.2) is 22.8 Å². The number of hydrogen-bond acceptors (Lipinski definition) is 2. The van der Waals surface area contributed by atoms with Gasteiger partial charge in [0.05, 0.1) is 0 Å². The second-order valence-corrected chi connectivity index (χ2v) is 4.29. The van der Waals surface area contributed by atoms with Crippen LogP contribution in [0.1, 0.15) is 19.4 Å². The van der Waals surface area contributed by atoms with Crippen molar-refractivity contribution in [3.05, 3.63) is 29.8 Å². The Balaban J connectivity index is 2.94. The van der Waals surface area contributed by atoms with Gasteiger partial charge in [0.15, 0.2) is 6.04 Å². The molecule has 88 valence electrons. The summed E-state index contributed by atoms with van der Waals surface area (Å²) in [6.45, 7) is 4.33. The number of rotatable bonds is 4. The monoisotopic (exact) mass is 225 g/mol. The molecule has 0 aromatic heterocycles. The molecule has 0 aliphatic carbocycles. The zero-order valence-corrected chi connectivity index (χ0v) is 9.62. The van der Waals surface area contributed by atoms with Crippen LogP contribution in [0.15, 0.2) is 24.3 Å². The summed E-state index contributed by atoms with van der Waals surface area (Å²) < 4.78 is 13.7. The smallest absolute Gasteiger partial charge is 0.329 e. The molecule has 0 aliphatic rings. The van der Waals surface area contributed by atoms with Gasteiger partial charge in [-0.2, -0.15) is 0 Å². The number of benzene rings is 1. The number of para-hydroxylation sites is 1. The van der Waals surface area contributed by atoms with E-state index in [0.717, 1.165) is 5.56 Å². The standard InChI is InChI=1S/C12H16FNO2/c1-8-6-4-5-7-9(8)14-10(11(15)16)12(2,3)13/h4-7,10,14H,1-3H3,(H,15,16). The second-order valence-electron chi connectivity index (χ2n) is 4.29. The minimum absolute atomic E-state index is 0.639. The molecule has 0 aliphatic heterocycles. The number of carboxylic acid groups (broad SMARTS) is 1. The Labute approximate surface area is 94.3 Å². The molecule has 0 saturated heterocycles. The number of aliphatic carboxylic acids is 1. The fourth-order valence-electron chi connectivity index (χ4n) is 1.42. The lowest BCUT2D eigenvalue weighted by atomic mass is 10.0. The van der Waals surface area contributed by atoms with Crippen molar-refractivity contribution in [3.63, 3.8) is 0 Å². The minimum Gasteiger partial charge on any atom is -0.480 e. The van der Waals surface area contributed by atoms with Crippen molar-refractivity contribution in [2.75, 3.05) is 5.32 Å². The lowest BCUT2D eigenvalue weighted by Crippen LogP contribution is -2.44. The van der Waals surface area contributed by atoms with E-state index in [4.69, 9.17) is 5.11 Å². The number of hydrogen-bond donors (Lipinski definition) is 2. The molecule has 1 aromatic carbocycles. The lowest BCUT2D eigenvalue weighted by Gasteiger charge is -2.25. The summed E-state index contributed by atoms with van der Waals surface area (Å²) >= 11 is 0. The predicted molar refractivity (Wildman–Crippen MR) is 61.4 cm³/mol. The molecule has 4 heteroatoms. The molecule has 0 amide bonds. The fraction of sp³-hybridized carbons (Fsp3) is 0.417. The number of carboxylic acids is 1. The second kappa shape index (κ2) is 4.51. The van der Waals surface area contributed by atoms with Crippen molar-refractivity contribution in [1.29, 1.82) is 0 Å². The van der Waals surface area contributed by atoms with Gasteiger partial charge in [0.25, 0.3) is 0 Å². The zero-order valence-electron chi connectivity index (χ0n) is 9.62. The number of nitrogens with one attached hydrogen (secondary N) is 1. The SMILES string of the molecule is Cc1ccccc1NC(C(=O)O)C(C)(C)F. The van der Waals surface area contributed by atoms with Gasteiger partial charge in [-0.15, -0.1) is 0 Å². The van der Waals surface area contributed by atoms with Gasteiger partial charge in [-0.3, -0.25) is 0 Å². The maximum absolute atomic E-state index is 13.7. The van der Waals surface area contributed by atoms with Crippen LogP contribution < -0.4 is 5.32 Å². The molecule has 3 nitrogen and oxygen atoms in total. The van der Waals surface area contributed by atoms with E-state index >= 15 is 0 Å². The third kappa shape index (κ3) is 2.95. The van der Waals surface area contributed by atoms with Crippen LogP contribution in [0, 0.1) is 6.92 Å². The number of aryl methyl sites for hydroxylation is 1. The minimum atomic E-state index is -1.83. The average molecular weight is 225 g/mol. The lowest BCUT2D eigenvalue weighted by molar-refractivity contribution is -0.140. The van der Waals surface area contributed by atoms with Crippen LogP contribution in [0.5, 0.6) is 0 Å². The van der Waals surface area contributed by atoms with E-state index < -0.39 is 17.7 Å². The van der Waals surface area contributed by atoms with Crippen molar-refractivity contribution >= 4 is 11.7 Å². The molecule has 2 N–H and O–H groups in total. The summed E-state index contributed by atoms with van der Waals surface area (Å²) in [6, 6.07) is 5.94. The molecule has 0 saturated carbocycles. The molecule has 0 radical (unpaired) electrons. The van der Waals surface area contributed by atoms with E-state index in [1.807, 2.05) is 19.1 Å². The zero-order chi connectivity index (χ0) is 12.3. The highest BCUT2D eigenvalue weighted by Gasteiger charge is 2.35. The van der Waals surface area contributed by atoms with Gasteiger partial charge in [0.1, 0.15) is 5.67 Å². The summed E-state index contributed by atoms with van der Waals surface area (Å²) in [5.41, 5.74) is -0.299. The topological polar surface area (TPSA) is 49.3 Å². The van der Waals surface area contributed by atoms with Crippen molar-refractivity contribution in [3.8, 4) is 0 Å². The average Bonchev–Trinajstić information content (AvgIpc) is 2.14. The van der Waals surface area contributed by atoms with Crippen molar-refractivity contribution in [1.82, 2.24) is 0 Å². The summed E-state index contributed by atoms with van der Waals surface area (Å²) in [6.07, 6.45) is 0. The summed E-state index contributed by atoms with van der Waals surface area (Å²) in [4.78, 5) is 11.0. The number of anilines is 1. The van der Waals surface area contributed by atoms with Gasteiger partial charge in [0.2, 0.25) is 0 Å². The van der Waals surface area contributed by atoms with E-state index in [2.05, 4.69) is 5.32 Å². The van der Waals surface area contributed by atoms with Gasteiger partial charge in [-0.05, 0) is 32.4 Å². The molecule has 0 bridgehead atoms. The van der Waals surface area contributed by atoms with Gasteiger partial charge in [0, 0.05) is 5.69 Å². The van der Waals surface area contributed by atoms with E-state index in [-0.39, 0.29) is 0 Å². The number of alkyl halides is 1. The largest absolute Gasteiger partial charge is 0.480 e. The highest BCUT2D eigenvalue weighted by Crippen LogP contribution is 2.22. The highest BCUT2D eigenvalue weighted by atomic mass is 19.1. The summed E-state index contributed by atoms with van der Waals surface area (Å²) in [7, 11) is 0. The molecule has 0 heterocycles. The normalized spacial score (nSPS) is 13.2. The summed E-state index contributed by atoms with van der Waals surface area (Å²) in [5.74, 6) is -1.20. The first-order chi connectivity index (χ1) is 7.32. The van der Waals surface area contributed by atoms with Crippen LogP contribution in [-0.2, 0) is 4.79 Å². The maximum atomic E-state index is 13.7. The number of halogens is 1. The molecular weight excluding hydrogens is 209 g/mol. The Hall–Kier alpha value is -1.58. The van der Waals surface area contributed by atoms with E-state index in [1.165, 1.54) is 13.8 Å². The quantitative estimate of drug-likeness (QED) is 0.828. The molecule has 16 heavy (non-hydrogen) atoms. The Bertz CT molecular complexity index is 385. The molecule has 0 spiro atoms. The van der Waals surface area contributed by atoms with E-state index in [9.17, 15) is 9.18 Å². The van der Waals surface area contributed by atoms with Crippen molar-refractivity contribution < 1.29 is 14.3 Å². The molecule has 1 aromatic rings. The third-order valence-corrected chi connectivity index (χ3v) is 2.38. The highest BCUT2D eigenvalue weighted by molar-refractivity contribution is 5.79. The molecular formula is C12H16FNO2. The summed E-state index contributed by atoms with van der Waals surface area (Å²) in [5, 5.41) is 11.7. The Morgan fingerprint density at radius 1 is 1.44 bits per heavy atom. The van der Waals surface area contributed by atoms with Crippen LogP contribution >= 0.6 is 0 Å². The first-order valence-electron chi connectivity index (χ1n) is 5.06. The van der Waals surface area contributed by atoms with Crippen LogP contribution in [0.4, 0.5) is 10.1 Å². The molecule has 1 rings (SSSR count). The first kappa shape index (κ1) is 12.5. The van der Waals surface area contributed by atoms with Crippen LogP contribution in [0.2, 0.25) is 0 Å². The Morgan fingerprint density at radius 3 is 2.44 bits per heavy atom. The van der Waals surface area contributed by atoms with Gasteiger partial charge in [-0.25, -0.2) is 9.18 Å². The van der Waals surface area contributed by atoms with Crippen LogP contribution in [0.25, 0.3) is 0 Å². The van der Waals surface area contributed by atoms with E-state index in [0.29, 0.717) is 5.69 Å². The number of carbonyl (C=O) groups is 1. The molecule has 1 atom stereocenters. The molecule has 1 unspecified atom stereocenters. The van der Waals surface area contributed by atoms with Gasteiger partial charge >= 0.3 is 5.97 Å². The Morgan fingerprint density at radius 2 is 2.00 bits per heavy atom. The van der Waals surface area contributed by atoms with Crippen LogP contribution in [0.3, 0.4) is 0 Å². The predicted octanol–water partition coefficient (Wildman–Crippen LogP) is 2.61. The molecule has 0 fully saturated rings. The third-order valence-electron chi connectivity index (χ3n) is 2.38. The van der Waals surface area contributed by atoms with Crippen molar-refractivity contribution in [2.24, 2.45) is 0 Å². The fourth-order valence-corrected chi connectivity index (χ4v) is 1.42. The van der Waals surface area contributed by atoms with Gasteiger partial charge in [-0.1, -0.05) is 18.2 Å². The van der Waals surface area contributed by atoms with Gasteiger partial charge < -0.3 is 10.4 Å². The Kier molecular flexibility index (Phi) is 3.52.